The topological polar surface area (TPSA) is 50.1 Å². The Morgan fingerprint density at radius 3 is 3.00 bits per heavy atom. The fourth-order valence-electron chi connectivity index (χ4n) is 1.20. The van der Waals surface area contributed by atoms with Gasteiger partial charge in [-0.2, -0.15) is 5.26 Å². The Bertz CT molecular complexity index is 434. The molecule has 0 saturated heterocycles. The Morgan fingerprint density at radius 2 is 2.31 bits per heavy atom. The number of halogens is 1. The monoisotopic (exact) mass is 177 g/mol. The molecule has 0 aliphatic carbocycles. The number of fused-ring (bicyclic) bond motifs is 1. The molecule has 0 spiro atoms. The Hall–Kier alpha value is -1.89. The van der Waals surface area contributed by atoms with Gasteiger partial charge < -0.3 is 4.74 Å². The van der Waals surface area contributed by atoms with Crippen LogP contribution in [0.2, 0.25) is 0 Å². The van der Waals surface area contributed by atoms with E-state index in [1.165, 1.54) is 6.07 Å². The molecule has 2 rings (SSSR count). The third kappa shape index (κ3) is 1.05. The highest BCUT2D eigenvalue weighted by molar-refractivity contribution is 6.02. The van der Waals surface area contributed by atoms with Crippen LogP contribution < -0.4 is 4.74 Å². The van der Waals surface area contributed by atoms with Crippen LogP contribution in [0.4, 0.5) is 4.39 Å². The first-order valence-electron chi connectivity index (χ1n) is 3.62. The van der Waals surface area contributed by atoms with E-state index in [0.29, 0.717) is 0 Å². The van der Waals surface area contributed by atoms with Gasteiger partial charge in [0.15, 0.2) is 6.61 Å². The van der Waals surface area contributed by atoms with Crippen LogP contribution in [0.25, 0.3) is 0 Å². The number of benzene rings is 1. The number of hydrogen-bond acceptors (Lipinski definition) is 3. The van der Waals surface area contributed by atoms with Crippen molar-refractivity contribution in [2.24, 2.45) is 0 Å². The van der Waals surface area contributed by atoms with Gasteiger partial charge >= 0.3 is 0 Å². The zero-order chi connectivity index (χ0) is 9.42. The molecule has 0 saturated carbocycles. The summed E-state index contributed by atoms with van der Waals surface area (Å²) in [4.78, 5) is 11.1. The van der Waals surface area contributed by atoms with Crippen LogP contribution >= 0.6 is 0 Å². The average Bonchev–Trinajstić information content (AvgIpc) is 2.46. The van der Waals surface area contributed by atoms with Crippen molar-refractivity contribution in [3.63, 3.8) is 0 Å². The molecule has 1 heterocycles. The van der Waals surface area contributed by atoms with Crippen molar-refractivity contribution in [1.29, 1.82) is 5.26 Å². The minimum absolute atomic E-state index is 0.0658. The number of Topliss-reactive ketones (excluding diaryl/α,β-unsaturated/α-hetero) is 1. The number of nitrogens with zero attached hydrogens (tertiary/aromatic N) is 1. The molecule has 1 aliphatic rings. The number of ketones is 1. The Labute approximate surface area is 73.4 Å². The Morgan fingerprint density at radius 1 is 1.54 bits per heavy atom. The maximum Gasteiger partial charge on any atom is 0.203 e. The predicted molar refractivity (Wildman–Crippen MR) is 40.9 cm³/mol. The highest BCUT2D eigenvalue weighted by atomic mass is 19.1. The van der Waals surface area contributed by atoms with E-state index in [1.807, 2.05) is 0 Å². The van der Waals surface area contributed by atoms with Crippen molar-refractivity contribution in [3.8, 4) is 11.8 Å². The molecule has 0 unspecified atom stereocenters. The van der Waals surface area contributed by atoms with E-state index in [-0.39, 0.29) is 29.3 Å². The lowest BCUT2D eigenvalue weighted by molar-refractivity contribution is 0.0961. The van der Waals surface area contributed by atoms with E-state index < -0.39 is 5.82 Å². The molecule has 0 amide bonds. The smallest absolute Gasteiger partial charge is 0.203 e. The van der Waals surface area contributed by atoms with Crippen molar-refractivity contribution in [3.05, 3.63) is 29.1 Å². The summed E-state index contributed by atoms with van der Waals surface area (Å²) in [6.07, 6.45) is 0. The number of carbonyl (C=O) groups is 1. The van der Waals surface area contributed by atoms with Crippen LogP contribution in [0.15, 0.2) is 12.1 Å². The summed E-state index contributed by atoms with van der Waals surface area (Å²) in [6, 6.07) is 3.95. The second kappa shape index (κ2) is 2.56. The first kappa shape index (κ1) is 7.74. The summed E-state index contributed by atoms with van der Waals surface area (Å²) in [5.41, 5.74) is 0.163. The zero-order valence-electron chi connectivity index (χ0n) is 6.50. The van der Waals surface area contributed by atoms with E-state index >= 15 is 0 Å². The highest BCUT2D eigenvalue weighted by Gasteiger charge is 2.23. The largest absolute Gasteiger partial charge is 0.485 e. The lowest BCUT2D eigenvalue weighted by Crippen LogP contribution is -1.99. The normalized spacial score (nSPS) is 13.4. The molecule has 4 heteroatoms. The molecule has 1 aromatic carbocycles. The SMILES string of the molecule is N#Cc1cc2c(cc1F)OCC2=O. The van der Waals surface area contributed by atoms with Crippen molar-refractivity contribution >= 4 is 5.78 Å². The molecular formula is C9H4FNO2. The number of ether oxygens (including phenoxy) is 1. The molecule has 64 valence electrons. The van der Waals surface area contributed by atoms with Crippen LogP contribution in [-0.4, -0.2) is 12.4 Å². The molecular weight excluding hydrogens is 173 g/mol. The van der Waals surface area contributed by atoms with Gasteiger partial charge in [0, 0.05) is 6.07 Å². The van der Waals surface area contributed by atoms with Gasteiger partial charge in [-0.3, -0.25) is 4.79 Å². The van der Waals surface area contributed by atoms with Gasteiger partial charge in [-0.25, -0.2) is 4.39 Å². The zero-order valence-corrected chi connectivity index (χ0v) is 6.50. The average molecular weight is 177 g/mol. The van der Waals surface area contributed by atoms with E-state index in [9.17, 15) is 9.18 Å². The Kier molecular flexibility index (Phi) is 1.52. The molecule has 1 aromatic rings. The van der Waals surface area contributed by atoms with Crippen LogP contribution in [-0.2, 0) is 0 Å². The molecule has 0 N–H and O–H groups in total. The minimum atomic E-state index is -0.657. The summed E-state index contributed by atoms with van der Waals surface area (Å²) >= 11 is 0. The van der Waals surface area contributed by atoms with Gasteiger partial charge in [-0.15, -0.1) is 0 Å². The van der Waals surface area contributed by atoms with Gasteiger partial charge in [0.05, 0.1) is 11.1 Å². The first-order valence-corrected chi connectivity index (χ1v) is 3.62. The first-order chi connectivity index (χ1) is 6.22. The standard InChI is InChI=1S/C9H4FNO2/c10-7-2-9-6(1-5(7)3-11)8(12)4-13-9/h1-2H,4H2. The minimum Gasteiger partial charge on any atom is -0.485 e. The van der Waals surface area contributed by atoms with Crippen LogP contribution in [0.5, 0.6) is 5.75 Å². The number of rotatable bonds is 0. The summed E-state index contributed by atoms with van der Waals surface area (Å²) in [5, 5.41) is 8.49. The summed E-state index contributed by atoms with van der Waals surface area (Å²) in [6.45, 7) is -0.0658. The van der Waals surface area contributed by atoms with Crippen molar-refractivity contribution in [2.45, 2.75) is 0 Å². The van der Waals surface area contributed by atoms with Crippen molar-refractivity contribution < 1.29 is 13.9 Å². The molecule has 0 fully saturated rings. The van der Waals surface area contributed by atoms with E-state index in [2.05, 4.69) is 0 Å². The van der Waals surface area contributed by atoms with E-state index in [4.69, 9.17) is 10.00 Å². The lowest BCUT2D eigenvalue weighted by Gasteiger charge is -1.97. The lowest BCUT2D eigenvalue weighted by atomic mass is 10.1. The molecule has 1 aliphatic heterocycles. The maximum atomic E-state index is 13.0. The molecule has 3 nitrogen and oxygen atoms in total. The summed E-state index contributed by atoms with van der Waals surface area (Å²) < 4.78 is 17.9. The summed E-state index contributed by atoms with van der Waals surface area (Å²) in [5.74, 6) is -0.649. The third-order valence-electron chi connectivity index (χ3n) is 1.85. The molecule has 13 heavy (non-hydrogen) atoms. The fourth-order valence-corrected chi connectivity index (χ4v) is 1.20. The number of carbonyl (C=O) groups excluding carboxylic acids is 1. The van der Waals surface area contributed by atoms with Crippen LogP contribution in [0.1, 0.15) is 15.9 Å². The third-order valence-corrected chi connectivity index (χ3v) is 1.85. The fraction of sp³-hybridized carbons (Fsp3) is 0.111. The molecule has 0 atom stereocenters. The maximum absolute atomic E-state index is 13.0. The molecule has 0 radical (unpaired) electrons. The Balaban J connectivity index is 2.66. The number of nitriles is 1. The van der Waals surface area contributed by atoms with E-state index in [1.54, 1.807) is 6.07 Å². The van der Waals surface area contributed by atoms with Crippen molar-refractivity contribution in [1.82, 2.24) is 0 Å². The van der Waals surface area contributed by atoms with Gasteiger partial charge in [-0.1, -0.05) is 0 Å². The van der Waals surface area contributed by atoms with E-state index in [0.717, 1.165) is 6.07 Å². The predicted octanol–water partition coefficient (Wildman–Crippen LogP) is 1.27. The molecule has 0 aromatic heterocycles. The quantitative estimate of drug-likeness (QED) is 0.599. The van der Waals surface area contributed by atoms with Crippen molar-refractivity contribution in [2.75, 3.05) is 6.61 Å². The van der Waals surface area contributed by atoms with Crippen LogP contribution in [0, 0.1) is 17.1 Å². The number of hydrogen-bond donors (Lipinski definition) is 0. The van der Waals surface area contributed by atoms with Gasteiger partial charge in [0.25, 0.3) is 0 Å². The summed E-state index contributed by atoms with van der Waals surface area (Å²) in [7, 11) is 0. The van der Waals surface area contributed by atoms with Gasteiger partial charge in [0.2, 0.25) is 5.78 Å². The van der Waals surface area contributed by atoms with Crippen LogP contribution in [0.3, 0.4) is 0 Å². The highest BCUT2D eigenvalue weighted by Crippen LogP contribution is 2.27. The van der Waals surface area contributed by atoms with Gasteiger partial charge in [-0.05, 0) is 6.07 Å². The van der Waals surface area contributed by atoms with Gasteiger partial charge in [0.1, 0.15) is 17.6 Å². The second-order valence-corrected chi connectivity index (χ2v) is 2.65. The molecule has 0 bridgehead atoms. The second-order valence-electron chi connectivity index (χ2n) is 2.65.